The summed E-state index contributed by atoms with van der Waals surface area (Å²) >= 11 is 6.24. The summed E-state index contributed by atoms with van der Waals surface area (Å²) in [6.07, 6.45) is 6.42. The zero-order valence-electron chi connectivity index (χ0n) is 14.8. The van der Waals surface area contributed by atoms with Crippen molar-refractivity contribution in [2.24, 2.45) is 0 Å². The van der Waals surface area contributed by atoms with Crippen molar-refractivity contribution in [3.05, 3.63) is 22.8 Å². The number of anilines is 1. The van der Waals surface area contributed by atoms with E-state index in [4.69, 9.17) is 16.3 Å². The zero-order chi connectivity index (χ0) is 18.4. The van der Waals surface area contributed by atoms with Crippen LogP contribution in [-0.4, -0.2) is 60.6 Å². The maximum absolute atomic E-state index is 12.4. The molecule has 1 aliphatic heterocycles. The summed E-state index contributed by atoms with van der Waals surface area (Å²) in [6, 6.07) is 1.95. The van der Waals surface area contributed by atoms with Crippen molar-refractivity contribution < 1.29 is 14.3 Å². The Balaban J connectivity index is 1.47. The van der Waals surface area contributed by atoms with E-state index in [0.29, 0.717) is 61.7 Å². The maximum Gasteiger partial charge on any atom is 0.255 e. The Hall–Kier alpha value is -1.86. The number of rotatable bonds is 6. The highest BCUT2D eigenvalue weighted by atomic mass is 35.5. The van der Waals surface area contributed by atoms with Gasteiger partial charge in [0.2, 0.25) is 5.91 Å². The number of ether oxygens (including phenoxy) is 1. The van der Waals surface area contributed by atoms with E-state index < -0.39 is 0 Å². The van der Waals surface area contributed by atoms with E-state index in [2.05, 4.69) is 15.6 Å². The van der Waals surface area contributed by atoms with Crippen LogP contribution in [0.4, 0.5) is 5.82 Å². The first kappa shape index (κ1) is 18.9. The van der Waals surface area contributed by atoms with Gasteiger partial charge >= 0.3 is 0 Å². The summed E-state index contributed by atoms with van der Waals surface area (Å²) in [6.45, 7) is 2.70. The summed E-state index contributed by atoms with van der Waals surface area (Å²) < 4.78 is 5.26. The monoisotopic (exact) mass is 380 g/mol. The Morgan fingerprint density at radius 1 is 1.27 bits per heavy atom. The van der Waals surface area contributed by atoms with Crippen molar-refractivity contribution in [1.29, 1.82) is 0 Å². The van der Waals surface area contributed by atoms with Gasteiger partial charge in [0.25, 0.3) is 5.91 Å². The molecule has 2 N–H and O–H groups in total. The molecule has 2 aliphatic rings. The minimum atomic E-state index is -0.0924. The van der Waals surface area contributed by atoms with Gasteiger partial charge in [-0.15, -0.1) is 0 Å². The van der Waals surface area contributed by atoms with Crippen molar-refractivity contribution in [2.45, 2.75) is 38.1 Å². The van der Waals surface area contributed by atoms with Gasteiger partial charge in [0.1, 0.15) is 5.82 Å². The first-order chi connectivity index (χ1) is 12.6. The van der Waals surface area contributed by atoms with E-state index in [1.165, 1.54) is 19.0 Å². The SMILES string of the molecule is O=C(CCNc1ncc(C(=O)N2CCOCC2)cc1Cl)NC1CCCC1. The van der Waals surface area contributed by atoms with Crippen LogP contribution in [0.3, 0.4) is 0 Å². The summed E-state index contributed by atoms with van der Waals surface area (Å²) in [5, 5.41) is 6.49. The van der Waals surface area contributed by atoms with Gasteiger partial charge in [-0.05, 0) is 18.9 Å². The molecule has 142 valence electrons. The quantitative estimate of drug-likeness (QED) is 0.789. The topological polar surface area (TPSA) is 83.6 Å². The number of hydrogen-bond donors (Lipinski definition) is 2. The Morgan fingerprint density at radius 2 is 2.00 bits per heavy atom. The number of amides is 2. The third-order valence-electron chi connectivity index (χ3n) is 4.75. The number of halogens is 1. The number of nitrogens with zero attached hydrogens (tertiary/aromatic N) is 2. The van der Waals surface area contributed by atoms with Crippen LogP contribution in [0.15, 0.2) is 12.3 Å². The smallest absolute Gasteiger partial charge is 0.255 e. The molecule has 2 fully saturated rings. The average Bonchev–Trinajstić information content (AvgIpc) is 3.16. The van der Waals surface area contributed by atoms with E-state index >= 15 is 0 Å². The van der Waals surface area contributed by atoms with Crippen molar-refractivity contribution in [2.75, 3.05) is 38.2 Å². The van der Waals surface area contributed by atoms with Crippen LogP contribution in [0.2, 0.25) is 5.02 Å². The lowest BCUT2D eigenvalue weighted by Crippen LogP contribution is -2.40. The van der Waals surface area contributed by atoms with Crippen LogP contribution in [-0.2, 0) is 9.53 Å². The van der Waals surface area contributed by atoms with E-state index in [9.17, 15) is 9.59 Å². The molecule has 7 nitrogen and oxygen atoms in total. The molecule has 2 amide bonds. The fraction of sp³-hybridized carbons (Fsp3) is 0.611. The fourth-order valence-corrected chi connectivity index (χ4v) is 3.53. The first-order valence-corrected chi connectivity index (χ1v) is 9.57. The Bertz CT molecular complexity index is 643. The van der Waals surface area contributed by atoms with E-state index in [1.807, 2.05) is 0 Å². The third kappa shape index (κ3) is 5.08. The van der Waals surface area contributed by atoms with E-state index in [1.54, 1.807) is 11.0 Å². The first-order valence-electron chi connectivity index (χ1n) is 9.19. The van der Waals surface area contributed by atoms with Crippen molar-refractivity contribution in [3.8, 4) is 0 Å². The van der Waals surface area contributed by atoms with Crippen LogP contribution in [0.5, 0.6) is 0 Å². The molecule has 3 rings (SSSR count). The number of aromatic nitrogens is 1. The molecule has 0 radical (unpaired) electrons. The minimum Gasteiger partial charge on any atom is -0.378 e. The van der Waals surface area contributed by atoms with Crippen LogP contribution >= 0.6 is 11.6 Å². The molecule has 1 saturated carbocycles. The Kier molecular flexibility index (Phi) is 6.68. The van der Waals surface area contributed by atoms with Crippen LogP contribution in [0, 0.1) is 0 Å². The van der Waals surface area contributed by atoms with Crippen LogP contribution < -0.4 is 10.6 Å². The molecule has 0 spiro atoms. The molecule has 2 heterocycles. The van der Waals surface area contributed by atoms with Gasteiger partial charge in [-0.3, -0.25) is 9.59 Å². The summed E-state index contributed by atoms with van der Waals surface area (Å²) in [7, 11) is 0. The second-order valence-corrected chi connectivity index (χ2v) is 7.09. The lowest BCUT2D eigenvalue weighted by atomic mass is 10.2. The molecule has 8 heteroatoms. The van der Waals surface area contributed by atoms with Gasteiger partial charge in [-0.2, -0.15) is 0 Å². The minimum absolute atomic E-state index is 0.0413. The number of hydrogen-bond acceptors (Lipinski definition) is 5. The number of pyridine rings is 1. The molecule has 1 aliphatic carbocycles. The number of carbonyl (C=O) groups excluding carboxylic acids is 2. The normalized spacial score (nSPS) is 18.0. The summed E-state index contributed by atoms with van der Waals surface area (Å²) in [5.74, 6) is 0.434. The molecular formula is C18H25ClN4O3. The Labute approximate surface area is 158 Å². The van der Waals surface area contributed by atoms with Crippen molar-refractivity contribution in [1.82, 2.24) is 15.2 Å². The summed E-state index contributed by atoms with van der Waals surface area (Å²) in [5.41, 5.74) is 0.460. The van der Waals surface area contributed by atoms with Crippen LogP contribution in [0.25, 0.3) is 0 Å². The molecule has 0 aromatic carbocycles. The lowest BCUT2D eigenvalue weighted by Gasteiger charge is -2.26. The second kappa shape index (κ2) is 9.19. The largest absolute Gasteiger partial charge is 0.378 e. The number of carbonyl (C=O) groups is 2. The highest BCUT2D eigenvalue weighted by Gasteiger charge is 2.20. The average molecular weight is 381 g/mol. The molecule has 1 saturated heterocycles. The fourth-order valence-electron chi connectivity index (χ4n) is 3.30. The number of nitrogens with one attached hydrogen (secondary N) is 2. The maximum atomic E-state index is 12.4. The van der Waals surface area contributed by atoms with Crippen molar-refractivity contribution >= 4 is 29.2 Å². The molecule has 0 atom stereocenters. The standard InChI is InChI=1S/C18H25ClN4O3/c19-15-11-13(18(25)23-7-9-26-10-8-23)12-21-17(15)20-6-5-16(24)22-14-3-1-2-4-14/h11-12,14H,1-10H2,(H,20,21)(H,22,24). The molecule has 1 aromatic rings. The highest BCUT2D eigenvalue weighted by Crippen LogP contribution is 2.21. The zero-order valence-corrected chi connectivity index (χ0v) is 15.6. The van der Waals surface area contributed by atoms with Gasteiger partial charge < -0.3 is 20.3 Å². The second-order valence-electron chi connectivity index (χ2n) is 6.68. The molecule has 0 unspecified atom stereocenters. The molecule has 0 bridgehead atoms. The van der Waals surface area contributed by atoms with Gasteiger partial charge in [0.05, 0.1) is 23.8 Å². The molecule has 26 heavy (non-hydrogen) atoms. The van der Waals surface area contributed by atoms with Gasteiger partial charge in [-0.1, -0.05) is 24.4 Å². The van der Waals surface area contributed by atoms with Gasteiger partial charge in [-0.25, -0.2) is 4.98 Å². The Morgan fingerprint density at radius 3 is 2.69 bits per heavy atom. The highest BCUT2D eigenvalue weighted by molar-refractivity contribution is 6.33. The van der Waals surface area contributed by atoms with E-state index in [-0.39, 0.29) is 11.8 Å². The predicted octanol–water partition coefficient (Wildman–Crippen LogP) is 2.07. The lowest BCUT2D eigenvalue weighted by molar-refractivity contribution is -0.121. The van der Waals surface area contributed by atoms with Crippen molar-refractivity contribution in [3.63, 3.8) is 0 Å². The predicted molar refractivity (Wildman–Crippen MR) is 99.5 cm³/mol. The molecular weight excluding hydrogens is 356 g/mol. The van der Waals surface area contributed by atoms with Gasteiger partial charge in [0, 0.05) is 38.3 Å². The van der Waals surface area contributed by atoms with E-state index in [0.717, 1.165) is 12.8 Å². The molecule has 1 aromatic heterocycles. The number of morpholine rings is 1. The third-order valence-corrected chi connectivity index (χ3v) is 5.04. The van der Waals surface area contributed by atoms with Crippen LogP contribution in [0.1, 0.15) is 42.5 Å². The summed E-state index contributed by atoms with van der Waals surface area (Å²) in [4.78, 5) is 30.3. The van der Waals surface area contributed by atoms with Gasteiger partial charge in [0.15, 0.2) is 0 Å².